The molecule has 0 amide bonds. The van der Waals surface area contributed by atoms with Crippen molar-refractivity contribution >= 4 is 17.7 Å². The molecule has 3 nitrogen and oxygen atoms in total. The van der Waals surface area contributed by atoms with Crippen LogP contribution in [0.25, 0.3) is 0 Å². The molecule has 0 spiro atoms. The molecule has 0 atom stereocenters. The van der Waals surface area contributed by atoms with Crippen molar-refractivity contribution < 1.29 is 9.90 Å². The molecule has 1 N–H and O–H groups in total. The zero-order valence-corrected chi connectivity index (χ0v) is 10.8. The molecule has 1 heterocycles. The van der Waals surface area contributed by atoms with Crippen LogP contribution in [0.4, 0.5) is 0 Å². The number of pyridine rings is 1. The first-order chi connectivity index (χ1) is 8.15. The Morgan fingerprint density at radius 1 is 1.47 bits per heavy atom. The van der Waals surface area contributed by atoms with Crippen molar-refractivity contribution in [2.75, 3.05) is 5.75 Å². The number of hydrogen-bond acceptors (Lipinski definition) is 3. The Morgan fingerprint density at radius 2 is 2.18 bits per heavy atom. The van der Waals surface area contributed by atoms with E-state index in [2.05, 4.69) is 4.98 Å². The van der Waals surface area contributed by atoms with E-state index in [1.165, 1.54) is 25.7 Å². The Morgan fingerprint density at radius 3 is 2.82 bits per heavy atom. The van der Waals surface area contributed by atoms with Gasteiger partial charge in [0.1, 0.15) is 0 Å². The van der Waals surface area contributed by atoms with Crippen molar-refractivity contribution in [3.63, 3.8) is 0 Å². The van der Waals surface area contributed by atoms with Gasteiger partial charge in [-0.25, -0.2) is 9.78 Å². The van der Waals surface area contributed by atoms with Gasteiger partial charge in [-0.05, 0) is 37.8 Å². The summed E-state index contributed by atoms with van der Waals surface area (Å²) < 4.78 is 0. The van der Waals surface area contributed by atoms with E-state index in [1.54, 1.807) is 23.9 Å². The molecule has 0 bridgehead atoms. The Hall–Kier alpha value is -1.03. The van der Waals surface area contributed by atoms with Crippen LogP contribution in [0.1, 0.15) is 41.7 Å². The summed E-state index contributed by atoms with van der Waals surface area (Å²) >= 11 is 1.69. The minimum atomic E-state index is -0.877. The van der Waals surface area contributed by atoms with Crippen molar-refractivity contribution in [3.8, 4) is 0 Å². The van der Waals surface area contributed by atoms with E-state index in [9.17, 15) is 4.79 Å². The average Bonchev–Trinajstić information content (AvgIpc) is 2.78. The predicted octanol–water partition coefficient (Wildman–Crippen LogP) is 3.37. The summed E-state index contributed by atoms with van der Waals surface area (Å²) in [6.07, 6.45) is 5.30. The summed E-state index contributed by atoms with van der Waals surface area (Å²) in [5.41, 5.74) is 1.12. The lowest BCUT2D eigenvalue weighted by Crippen LogP contribution is -2.01. The molecule has 2 rings (SSSR count). The fourth-order valence-electron chi connectivity index (χ4n) is 2.22. The van der Waals surface area contributed by atoms with Crippen LogP contribution < -0.4 is 0 Å². The highest BCUT2D eigenvalue weighted by Gasteiger charge is 2.16. The maximum absolute atomic E-state index is 10.9. The third kappa shape index (κ3) is 3.46. The molecule has 0 saturated heterocycles. The van der Waals surface area contributed by atoms with Crippen molar-refractivity contribution in [1.29, 1.82) is 0 Å². The molecule has 1 aliphatic carbocycles. The third-order valence-electron chi connectivity index (χ3n) is 3.12. The molecule has 1 fully saturated rings. The van der Waals surface area contributed by atoms with Crippen LogP contribution in [0.2, 0.25) is 0 Å². The number of hydrogen-bond donors (Lipinski definition) is 1. The maximum Gasteiger partial charge on any atom is 0.335 e. The molecular formula is C13H17NO2S. The highest BCUT2D eigenvalue weighted by atomic mass is 32.2. The molecule has 1 aromatic rings. The monoisotopic (exact) mass is 251 g/mol. The molecule has 92 valence electrons. The summed E-state index contributed by atoms with van der Waals surface area (Å²) in [6, 6.07) is 3.29. The van der Waals surface area contributed by atoms with Crippen molar-refractivity contribution in [1.82, 2.24) is 4.98 Å². The molecule has 17 heavy (non-hydrogen) atoms. The lowest BCUT2D eigenvalue weighted by atomic mass is 10.1. The predicted molar refractivity (Wildman–Crippen MR) is 68.6 cm³/mol. The molecule has 0 radical (unpaired) electrons. The minimum Gasteiger partial charge on any atom is -0.478 e. The van der Waals surface area contributed by atoms with Gasteiger partial charge in [0.15, 0.2) is 0 Å². The fraction of sp³-hybridized carbons (Fsp3) is 0.538. The highest BCUT2D eigenvalue weighted by molar-refractivity contribution is 7.99. The van der Waals surface area contributed by atoms with E-state index < -0.39 is 5.97 Å². The van der Waals surface area contributed by atoms with E-state index in [4.69, 9.17) is 5.11 Å². The molecule has 0 aliphatic heterocycles. The van der Waals surface area contributed by atoms with Crippen molar-refractivity contribution in [3.05, 3.63) is 23.4 Å². The van der Waals surface area contributed by atoms with Gasteiger partial charge in [0.25, 0.3) is 0 Å². The largest absolute Gasteiger partial charge is 0.478 e. The molecule has 0 unspecified atom stereocenters. The molecular weight excluding hydrogens is 234 g/mol. The minimum absolute atomic E-state index is 0.339. The molecule has 1 saturated carbocycles. The average molecular weight is 251 g/mol. The van der Waals surface area contributed by atoms with Gasteiger partial charge in [0.05, 0.1) is 10.6 Å². The Bertz CT molecular complexity index is 414. The zero-order chi connectivity index (χ0) is 12.3. The number of rotatable bonds is 4. The van der Waals surface area contributed by atoms with E-state index in [0.717, 1.165) is 22.4 Å². The second-order valence-electron chi connectivity index (χ2n) is 4.60. The molecule has 4 heteroatoms. The first-order valence-electron chi connectivity index (χ1n) is 6.00. The summed E-state index contributed by atoms with van der Waals surface area (Å²) in [4.78, 5) is 15.3. The number of thioether (sulfide) groups is 1. The van der Waals surface area contributed by atoms with Crippen LogP contribution in [0.5, 0.6) is 0 Å². The standard InChI is InChI=1S/C13H17NO2S/c1-9-6-11(13(15)16)7-12(14-9)17-8-10-4-2-3-5-10/h6-7,10H,2-5,8H2,1H3,(H,15,16). The Kier molecular flexibility index (Phi) is 4.05. The van der Waals surface area contributed by atoms with Gasteiger partial charge >= 0.3 is 5.97 Å². The van der Waals surface area contributed by atoms with E-state index >= 15 is 0 Å². The summed E-state index contributed by atoms with van der Waals surface area (Å²) in [7, 11) is 0. The number of aryl methyl sites for hydroxylation is 1. The normalized spacial score (nSPS) is 16.3. The molecule has 1 aliphatic rings. The van der Waals surface area contributed by atoms with Crippen molar-refractivity contribution in [2.24, 2.45) is 5.92 Å². The van der Waals surface area contributed by atoms with Crippen LogP contribution in [0.3, 0.4) is 0 Å². The molecule has 1 aromatic heterocycles. The number of carboxylic acid groups (broad SMARTS) is 1. The Labute approximate surface area is 106 Å². The van der Waals surface area contributed by atoms with Crippen LogP contribution in [0, 0.1) is 12.8 Å². The van der Waals surface area contributed by atoms with Crippen LogP contribution in [-0.2, 0) is 0 Å². The topological polar surface area (TPSA) is 50.2 Å². The van der Waals surface area contributed by atoms with Gasteiger partial charge in [-0.15, -0.1) is 11.8 Å². The van der Waals surface area contributed by atoms with Gasteiger partial charge < -0.3 is 5.11 Å². The highest BCUT2D eigenvalue weighted by Crippen LogP contribution is 2.30. The second kappa shape index (κ2) is 5.54. The number of aromatic carboxylic acids is 1. The maximum atomic E-state index is 10.9. The summed E-state index contributed by atoms with van der Waals surface area (Å²) in [6.45, 7) is 1.84. The Balaban J connectivity index is 2.01. The SMILES string of the molecule is Cc1cc(C(=O)O)cc(SCC2CCCC2)n1. The zero-order valence-electron chi connectivity index (χ0n) is 9.98. The van der Waals surface area contributed by atoms with Crippen LogP contribution in [0.15, 0.2) is 17.2 Å². The van der Waals surface area contributed by atoms with Gasteiger partial charge in [-0.3, -0.25) is 0 Å². The number of nitrogens with zero attached hydrogens (tertiary/aromatic N) is 1. The van der Waals surface area contributed by atoms with E-state index in [0.29, 0.717) is 5.56 Å². The van der Waals surface area contributed by atoms with Gasteiger partial charge in [0.2, 0.25) is 0 Å². The summed E-state index contributed by atoms with van der Waals surface area (Å²) in [5, 5.41) is 9.82. The van der Waals surface area contributed by atoms with Gasteiger partial charge in [-0.1, -0.05) is 12.8 Å². The smallest absolute Gasteiger partial charge is 0.335 e. The van der Waals surface area contributed by atoms with E-state index in [1.807, 2.05) is 6.92 Å². The number of carbonyl (C=O) groups is 1. The second-order valence-corrected chi connectivity index (χ2v) is 5.64. The fourth-order valence-corrected chi connectivity index (χ4v) is 3.37. The number of carboxylic acids is 1. The quantitative estimate of drug-likeness (QED) is 0.833. The molecule has 0 aromatic carbocycles. The summed E-state index contributed by atoms with van der Waals surface area (Å²) in [5.74, 6) is 0.976. The van der Waals surface area contributed by atoms with E-state index in [-0.39, 0.29) is 0 Å². The lowest BCUT2D eigenvalue weighted by molar-refractivity contribution is 0.0696. The van der Waals surface area contributed by atoms with Crippen LogP contribution >= 0.6 is 11.8 Å². The first-order valence-corrected chi connectivity index (χ1v) is 6.98. The first kappa shape index (κ1) is 12.4. The van der Waals surface area contributed by atoms with Gasteiger partial charge in [0, 0.05) is 11.4 Å². The lowest BCUT2D eigenvalue weighted by Gasteiger charge is -2.08. The third-order valence-corrected chi connectivity index (χ3v) is 4.26. The van der Waals surface area contributed by atoms with Crippen molar-refractivity contribution in [2.45, 2.75) is 37.6 Å². The number of aromatic nitrogens is 1. The van der Waals surface area contributed by atoms with Gasteiger partial charge in [-0.2, -0.15) is 0 Å². The van der Waals surface area contributed by atoms with Crippen LogP contribution in [-0.4, -0.2) is 21.8 Å².